The van der Waals surface area contributed by atoms with Gasteiger partial charge in [0.15, 0.2) is 11.5 Å². The van der Waals surface area contributed by atoms with Gasteiger partial charge in [-0.2, -0.15) is 4.31 Å². The van der Waals surface area contributed by atoms with Crippen molar-refractivity contribution in [3.63, 3.8) is 0 Å². The van der Waals surface area contributed by atoms with Crippen molar-refractivity contribution in [3.05, 3.63) is 54.1 Å². The third-order valence-electron chi connectivity index (χ3n) is 5.30. The molecule has 2 aromatic carbocycles. The fraction of sp³-hybridized carbons (Fsp3) is 0.429. The molecule has 0 unspecified atom stereocenters. The first-order valence-corrected chi connectivity index (χ1v) is 11.3. The van der Waals surface area contributed by atoms with Gasteiger partial charge in [0.2, 0.25) is 10.0 Å². The molecule has 2 heterocycles. The van der Waals surface area contributed by atoms with Crippen LogP contribution in [0.25, 0.3) is 0 Å². The van der Waals surface area contributed by atoms with Gasteiger partial charge in [-0.1, -0.05) is 30.3 Å². The van der Waals surface area contributed by atoms with Crippen molar-refractivity contribution < 1.29 is 23.0 Å². The van der Waals surface area contributed by atoms with E-state index in [9.17, 15) is 13.5 Å². The first-order chi connectivity index (χ1) is 14.0. The highest BCUT2D eigenvalue weighted by atomic mass is 32.2. The van der Waals surface area contributed by atoms with Crippen LogP contribution in [0.1, 0.15) is 18.1 Å². The van der Waals surface area contributed by atoms with Gasteiger partial charge in [0.05, 0.1) is 24.2 Å². The highest BCUT2D eigenvalue weighted by molar-refractivity contribution is 7.89. The minimum atomic E-state index is -3.60. The number of rotatable bonds is 5. The van der Waals surface area contributed by atoms with Crippen LogP contribution in [0.4, 0.5) is 0 Å². The summed E-state index contributed by atoms with van der Waals surface area (Å²) in [4.78, 5) is 2.32. The maximum Gasteiger partial charge on any atom is 0.243 e. The number of benzene rings is 2. The summed E-state index contributed by atoms with van der Waals surface area (Å²) in [5.74, 6) is 1.06. The second-order valence-corrected chi connectivity index (χ2v) is 9.23. The van der Waals surface area contributed by atoms with E-state index in [-0.39, 0.29) is 4.90 Å². The monoisotopic (exact) mass is 418 g/mol. The summed E-state index contributed by atoms with van der Waals surface area (Å²) in [6.45, 7) is 3.49. The number of β-amino-alcohol motifs (C(OH)–C–C–N with tert-alkyl or cyclic N) is 1. The predicted octanol–water partition coefficient (Wildman–Crippen LogP) is 1.89. The van der Waals surface area contributed by atoms with Crippen molar-refractivity contribution in [2.45, 2.75) is 17.4 Å². The summed E-state index contributed by atoms with van der Waals surface area (Å²) >= 11 is 0. The Morgan fingerprint density at radius 3 is 2.34 bits per heavy atom. The number of aliphatic hydroxyl groups is 1. The van der Waals surface area contributed by atoms with Gasteiger partial charge in [0, 0.05) is 45.2 Å². The Morgan fingerprint density at radius 2 is 1.62 bits per heavy atom. The number of sulfonamides is 1. The Labute approximate surface area is 171 Å². The molecular weight excluding hydrogens is 392 g/mol. The topological polar surface area (TPSA) is 79.3 Å². The second kappa shape index (κ2) is 8.71. The van der Waals surface area contributed by atoms with E-state index in [0.717, 1.165) is 12.0 Å². The van der Waals surface area contributed by atoms with E-state index in [4.69, 9.17) is 9.47 Å². The molecule has 156 valence electrons. The molecule has 0 aliphatic carbocycles. The molecule has 0 saturated carbocycles. The summed E-state index contributed by atoms with van der Waals surface area (Å²) in [6, 6.07) is 14.3. The van der Waals surface area contributed by atoms with Gasteiger partial charge >= 0.3 is 0 Å². The van der Waals surface area contributed by atoms with Crippen LogP contribution >= 0.6 is 0 Å². The summed E-state index contributed by atoms with van der Waals surface area (Å²) < 4.78 is 38.9. The molecule has 0 aromatic heterocycles. The van der Waals surface area contributed by atoms with Crippen molar-refractivity contribution >= 4 is 10.0 Å². The van der Waals surface area contributed by atoms with E-state index in [2.05, 4.69) is 4.90 Å². The normalized spacial score (nSPS) is 19.5. The van der Waals surface area contributed by atoms with Gasteiger partial charge in [-0.25, -0.2) is 8.42 Å². The van der Waals surface area contributed by atoms with Crippen molar-refractivity contribution in [1.29, 1.82) is 0 Å². The average molecular weight is 419 g/mol. The highest BCUT2D eigenvalue weighted by Crippen LogP contribution is 2.33. The minimum absolute atomic E-state index is 0.222. The minimum Gasteiger partial charge on any atom is -0.490 e. The first-order valence-electron chi connectivity index (χ1n) is 9.89. The summed E-state index contributed by atoms with van der Waals surface area (Å²) in [5, 5.41) is 10.4. The lowest BCUT2D eigenvalue weighted by atomic mass is 10.1. The highest BCUT2D eigenvalue weighted by Gasteiger charge is 2.30. The van der Waals surface area contributed by atoms with Gasteiger partial charge in [0.25, 0.3) is 0 Å². The van der Waals surface area contributed by atoms with Crippen LogP contribution in [0.2, 0.25) is 0 Å². The predicted molar refractivity (Wildman–Crippen MR) is 109 cm³/mol. The van der Waals surface area contributed by atoms with Crippen LogP contribution in [-0.4, -0.2) is 68.7 Å². The summed E-state index contributed by atoms with van der Waals surface area (Å²) in [6.07, 6.45) is 0.189. The van der Waals surface area contributed by atoms with Crippen molar-refractivity contribution in [3.8, 4) is 11.5 Å². The average Bonchev–Trinajstić information content (AvgIpc) is 2.99. The van der Waals surface area contributed by atoms with Gasteiger partial charge < -0.3 is 14.6 Å². The molecule has 4 rings (SSSR count). The molecule has 1 fully saturated rings. The molecule has 0 radical (unpaired) electrons. The largest absolute Gasteiger partial charge is 0.490 e. The van der Waals surface area contributed by atoms with Crippen molar-refractivity contribution in [2.24, 2.45) is 0 Å². The molecule has 2 aliphatic rings. The number of ether oxygens (including phenoxy) is 2. The standard InChI is InChI=1S/C21H26N2O5S/c24-19(17-5-2-1-3-6-17)16-22-9-11-23(12-10-22)29(25,26)18-7-8-20-21(15-18)28-14-4-13-27-20/h1-3,5-8,15,19,24H,4,9-14,16H2/t19-/m1/s1. The molecule has 29 heavy (non-hydrogen) atoms. The third-order valence-corrected chi connectivity index (χ3v) is 7.20. The molecule has 1 saturated heterocycles. The lowest BCUT2D eigenvalue weighted by Gasteiger charge is -2.35. The maximum absolute atomic E-state index is 13.1. The molecule has 1 N–H and O–H groups in total. The van der Waals surface area contributed by atoms with E-state index < -0.39 is 16.1 Å². The van der Waals surface area contributed by atoms with Crippen LogP contribution in [0, 0.1) is 0 Å². The Hall–Kier alpha value is -2.13. The molecule has 8 heteroatoms. The maximum atomic E-state index is 13.1. The number of piperazine rings is 1. The summed E-state index contributed by atoms with van der Waals surface area (Å²) in [5.41, 5.74) is 0.870. The summed E-state index contributed by atoms with van der Waals surface area (Å²) in [7, 11) is -3.60. The lowest BCUT2D eigenvalue weighted by Crippen LogP contribution is -2.49. The molecule has 0 spiro atoms. The van der Waals surface area contributed by atoms with Gasteiger partial charge in [0.1, 0.15) is 0 Å². The fourth-order valence-electron chi connectivity index (χ4n) is 3.63. The molecule has 1 atom stereocenters. The Bertz CT molecular complexity index is 927. The van der Waals surface area contributed by atoms with E-state index in [1.807, 2.05) is 30.3 Å². The van der Waals surface area contributed by atoms with Crippen molar-refractivity contribution in [2.75, 3.05) is 45.9 Å². The molecule has 7 nitrogen and oxygen atoms in total. The molecule has 2 aliphatic heterocycles. The molecule has 2 aromatic rings. The Morgan fingerprint density at radius 1 is 0.931 bits per heavy atom. The molecule has 0 bridgehead atoms. The Balaban J connectivity index is 1.39. The van der Waals surface area contributed by atoms with E-state index in [0.29, 0.717) is 57.4 Å². The number of fused-ring (bicyclic) bond motifs is 1. The number of aliphatic hydroxyl groups excluding tert-OH is 1. The number of nitrogens with zero attached hydrogens (tertiary/aromatic N) is 2. The van der Waals surface area contributed by atoms with E-state index in [1.54, 1.807) is 18.2 Å². The van der Waals surface area contributed by atoms with Crippen molar-refractivity contribution in [1.82, 2.24) is 9.21 Å². The van der Waals surface area contributed by atoms with Gasteiger partial charge in [-0.05, 0) is 17.7 Å². The number of hydrogen-bond donors (Lipinski definition) is 1. The van der Waals surface area contributed by atoms with Crippen LogP contribution in [0.5, 0.6) is 11.5 Å². The SMILES string of the molecule is O=S(=O)(c1ccc2c(c1)OCCCO2)N1CCN(C[C@@H](O)c2ccccc2)CC1. The van der Waals surface area contributed by atoms with E-state index >= 15 is 0 Å². The first kappa shape index (κ1) is 20.2. The fourth-order valence-corrected chi connectivity index (χ4v) is 5.07. The van der Waals surface area contributed by atoms with Gasteiger partial charge in [-0.15, -0.1) is 0 Å². The van der Waals surface area contributed by atoms with Gasteiger partial charge in [-0.3, -0.25) is 4.90 Å². The molecular formula is C21H26N2O5S. The zero-order valence-electron chi connectivity index (χ0n) is 16.2. The zero-order chi connectivity index (χ0) is 20.3. The smallest absolute Gasteiger partial charge is 0.243 e. The lowest BCUT2D eigenvalue weighted by molar-refractivity contribution is 0.0921. The van der Waals surface area contributed by atoms with E-state index in [1.165, 1.54) is 4.31 Å². The molecule has 0 amide bonds. The van der Waals surface area contributed by atoms with Crippen LogP contribution < -0.4 is 9.47 Å². The number of hydrogen-bond acceptors (Lipinski definition) is 6. The van der Waals surface area contributed by atoms with Crippen LogP contribution in [0.15, 0.2) is 53.4 Å². The van der Waals surface area contributed by atoms with Crippen LogP contribution in [-0.2, 0) is 10.0 Å². The second-order valence-electron chi connectivity index (χ2n) is 7.29. The van der Waals surface area contributed by atoms with Crippen LogP contribution in [0.3, 0.4) is 0 Å². The Kier molecular flexibility index (Phi) is 6.05. The quantitative estimate of drug-likeness (QED) is 0.799. The third kappa shape index (κ3) is 4.56. The zero-order valence-corrected chi connectivity index (χ0v) is 17.1.